The quantitative estimate of drug-likeness (QED) is 0.551. The van der Waals surface area contributed by atoms with E-state index >= 15 is 0 Å². The third kappa shape index (κ3) is 2.58. The van der Waals surface area contributed by atoms with Gasteiger partial charge in [0.1, 0.15) is 6.04 Å². The molecule has 0 saturated heterocycles. The fourth-order valence-electron chi connectivity index (χ4n) is 3.80. The van der Waals surface area contributed by atoms with E-state index in [-0.39, 0.29) is 11.1 Å². The Hall–Kier alpha value is -3.21. The van der Waals surface area contributed by atoms with Crippen molar-refractivity contribution in [2.45, 2.75) is 26.8 Å². The van der Waals surface area contributed by atoms with Crippen LogP contribution in [0.15, 0.2) is 48.5 Å². The molecular formula is C22H19NO4. The van der Waals surface area contributed by atoms with Crippen LogP contribution < -0.4 is 0 Å². The Morgan fingerprint density at radius 2 is 1.30 bits per heavy atom. The molecule has 0 aliphatic carbocycles. The van der Waals surface area contributed by atoms with Crippen molar-refractivity contribution in [2.75, 3.05) is 0 Å². The lowest BCUT2D eigenvalue weighted by molar-refractivity contribution is -0.145. The van der Waals surface area contributed by atoms with Crippen LogP contribution in [0.5, 0.6) is 0 Å². The summed E-state index contributed by atoms with van der Waals surface area (Å²) >= 11 is 0. The summed E-state index contributed by atoms with van der Waals surface area (Å²) in [5.74, 6) is -2.29. The first-order chi connectivity index (χ1) is 12.7. The third-order valence-electron chi connectivity index (χ3n) is 5.05. The molecule has 0 fully saturated rings. The molecule has 1 aliphatic rings. The smallest absolute Gasteiger partial charge is 0.327 e. The van der Waals surface area contributed by atoms with E-state index in [4.69, 9.17) is 0 Å². The van der Waals surface area contributed by atoms with Gasteiger partial charge in [-0.2, -0.15) is 0 Å². The summed E-state index contributed by atoms with van der Waals surface area (Å²) in [4.78, 5) is 38.6. The molecule has 1 aliphatic heterocycles. The van der Waals surface area contributed by atoms with Gasteiger partial charge in [-0.05, 0) is 51.2 Å². The molecule has 27 heavy (non-hydrogen) atoms. The minimum atomic E-state index is -1.23. The maximum atomic E-state index is 12.9. The predicted molar refractivity (Wildman–Crippen MR) is 103 cm³/mol. The van der Waals surface area contributed by atoms with Crippen molar-refractivity contribution in [3.8, 4) is 0 Å². The molecule has 4 rings (SSSR count). The Morgan fingerprint density at radius 1 is 0.852 bits per heavy atom. The Balaban J connectivity index is 1.91. The van der Waals surface area contributed by atoms with Crippen LogP contribution in [0.25, 0.3) is 21.5 Å². The van der Waals surface area contributed by atoms with Gasteiger partial charge >= 0.3 is 5.97 Å². The Labute approximate surface area is 156 Å². The summed E-state index contributed by atoms with van der Waals surface area (Å²) in [6, 6.07) is 14.0. The van der Waals surface area contributed by atoms with Gasteiger partial charge in [0.2, 0.25) is 0 Å². The monoisotopic (exact) mass is 361 g/mol. The van der Waals surface area contributed by atoms with Gasteiger partial charge in [-0.15, -0.1) is 0 Å². The highest BCUT2D eigenvalue weighted by molar-refractivity contribution is 6.24. The molecule has 3 aromatic rings. The first-order valence-corrected chi connectivity index (χ1v) is 8.76. The molecule has 1 heterocycles. The van der Waals surface area contributed by atoms with Crippen molar-refractivity contribution in [3.63, 3.8) is 0 Å². The van der Waals surface area contributed by atoms with Gasteiger partial charge in [-0.3, -0.25) is 14.5 Å². The number of amides is 2. The molecule has 2 amide bonds. The Morgan fingerprint density at radius 3 is 1.67 bits per heavy atom. The number of hydrogen-bond acceptors (Lipinski definition) is 3. The number of aliphatic carboxylic acids is 1. The third-order valence-corrected chi connectivity index (χ3v) is 5.05. The minimum Gasteiger partial charge on any atom is -0.480 e. The fraction of sp³-hybridized carbons (Fsp3) is 0.227. The highest BCUT2D eigenvalue weighted by atomic mass is 16.4. The number of nitrogens with zero attached hydrogens (tertiary/aromatic N) is 1. The highest BCUT2D eigenvalue weighted by Crippen LogP contribution is 2.35. The molecule has 0 aromatic heterocycles. The second-order valence-electron chi connectivity index (χ2n) is 8.03. The van der Waals surface area contributed by atoms with Crippen LogP contribution in [-0.4, -0.2) is 33.8 Å². The number of hydrogen-bond donors (Lipinski definition) is 1. The Kier molecular flexibility index (Phi) is 3.60. The largest absolute Gasteiger partial charge is 0.480 e. The lowest BCUT2D eigenvalue weighted by atomic mass is 9.85. The number of fused-ring (bicyclic) bond motifs is 3. The number of carboxylic acid groups (broad SMARTS) is 1. The lowest BCUT2D eigenvalue weighted by Crippen LogP contribution is -2.51. The summed E-state index contributed by atoms with van der Waals surface area (Å²) in [6.45, 7) is 5.12. The molecule has 0 bridgehead atoms. The van der Waals surface area contributed by atoms with Crippen molar-refractivity contribution in [3.05, 3.63) is 59.7 Å². The van der Waals surface area contributed by atoms with Crippen LogP contribution in [0, 0.1) is 5.41 Å². The maximum absolute atomic E-state index is 12.9. The van der Waals surface area contributed by atoms with Gasteiger partial charge in [0.05, 0.1) is 11.1 Å². The molecule has 0 spiro atoms. The normalized spacial score (nSPS) is 15.4. The molecule has 0 unspecified atom stereocenters. The van der Waals surface area contributed by atoms with E-state index in [2.05, 4.69) is 0 Å². The number of carboxylic acids is 1. The molecule has 5 heteroatoms. The van der Waals surface area contributed by atoms with Gasteiger partial charge in [-0.1, -0.05) is 45.0 Å². The van der Waals surface area contributed by atoms with Crippen LogP contribution >= 0.6 is 0 Å². The van der Waals surface area contributed by atoms with Crippen molar-refractivity contribution >= 4 is 39.3 Å². The molecule has 5 nitrogen and oxygen atoms in total. The van der Waals surface area contributed by atoms with Gasteiger partial charge in [0.15, 0.2) is 0 Å². The van der Waals surface area contributed by atoms with Crippen molar-refractivity contribution < 1.29 is 19.5 Å². The molecule has 1 N–H and O–H groups in total. The SMILES string of the molecule is CC(C)(C)[C@@H](C(=O)O)N1C(=O)c2cc3cc4ccccc4cc3cc2C1=O. The first-order valence-electron chi connectivity index (χ1n) is 8.76. The molecule has 136 valence electrons. The molecule has 0 radical (unpaired) electrons. The van der Waals surface area contributed by atoms with Crippen molar-refractivity contribution in [1.82, 2.24) is 4.90 Å². The Bertz CT molecular complexity index is 1070. The van der Waals surface area contributed by atoms with E-state index < -0.39 is 29.2 Å². The summed E-state index contributed by atoms with van der Waals surface area (Å²) in [5.41, 5.74) is -0.260. The van der Waals surface area contributed by atoms with Gasteiger partial charge in [0.25, 0.3) is 11.8 Å². The summed E-state index contributed by atoms with van der Waals surface area (Å²) in [7, 11) is 0. The van der Waals surface area contributed by atoms with Crippen LogP contribution in [0.1, 0.15) is 41.5 Å². The average molecular weight is 361 g/mol. The van der Waals surface area contributed by atoms with Gasteiger partial charge in [0, 0.05) is 0 Å². The molecular weight excluding hydrogens is 342 g/mol. The van der Waals surface area contributed by atoms with Crippen LogP contribution in [0.4, 0.5) is 0 Å². The van der Waals surface area contributed by atoms with Gasteiger partial charge < -0.3 is 5.11 Å². The lowest BCUT2D eigenvalue weighted by Gasteiger charge is -2.33. The zero-order chi connectivity index (χ0) is 19.5. The zero-order valence-corrected chi connectivity index (χ0v) is 15.3. The topological polar surface area (TPSA) is 74.7 Å². The van der Waals surface area contributed by atoms with Crippen molar-refractivity contribution in [2.24, 2.45) is 5.41 Å². The van der Waals surface area contributed by atoms with E-state index in [1.165, 1.54) is 0 Å². The molecule has 3 aromatic carbocycles. The fourth-order valence-corrected chi connectivity index (χ4v) is 3.80. The summed E-state index contributed by atoms with van der Waals surface area (Å²) in [5, 5.41) is 13.4. The summed E-state index contributed by atoms with van der Waals surface area (Å²) < 4.78 is 0. The van der Waals surface area contributed by atoms with Crippen LogP contribution in [0.3, 0.4) is 0 Å². The van der Waals surface area contributed by atoms with E-state index in [0.29, 0.717) is 0 Å². The van der Waals surface area contributed by atoms with Crippen molar-refractivity contribution in [1.29, 1.82) is 0 Å². The van der Waals surface area contributed by atoms with Gasteiger partial charge in [-0.25, -0.2) is 4.79 Å². The average Bonchev–Trinajstić information content (AvgIpc) is 2.81. The zero-order valence-electron chi connectivity index (χ0n) is 15.3. The molecule has 1 atom stereocenters. The number of imide groups is 1. The van der Waals surface area contributed by atoms with Crippen LogP contribution in [0.2, 0.25) is 0 Å². The van der Waals surface area contributed by atoms with E-state index in [1.54, 1.807) is 32.9 Å². The second-order valence-corrected chi connectivity index (χ2v) is 8.03. The standard InChI is InChI=1S/C22H19NO4/c1-22(2,3)18(21(26)27)23-19(24)16-10-14-8-12-6-4-5-7-13(12)9-15(14)11-17(16)20(23)25/h4-11,18H,1-3H3,(H,26,27)/t18-/m1/s1. The maximum Gasteiger partial charge on any atom is 0.327 e. The minimum absolute atomic E-state index is 0.262. The van der Waals surface area contributed by atoms with E-state index in [1.807, 2.05) is 36.4 Å². The summed E-state index contributed by atoms with van der Waals surface area (Å²) in [6.07, 6.45) is 0. The van der Waals surface area contributed by atoms with E-state index in [0.717, 1.165) is 26.4 Å². The second kappa shape index (κ2) is 5.64. The number of carbonyl (C=O) groups excluding carboxylic acids is 2. The first kappa shape index (κ1) is 17.2. The number of benzene rings is 3. The number of carbonyl (C=O) groups is 3. The molecule has 0 saturated carbocycles. The van der Waals surface area contributed by atoms with Crippen LogP contribution in [-0.2, 0) is 4.79 Å². The number of rotatable bonds is 2. The van der Waals surface area contributed by atoms with E-state index in [9.17, 15) is 19.5 Å². The highest BCUT2D eigenvalue weighted by Gasteiger charge is 2.47. The predicted octanol–water partition coefficient (Wildman–Crippen LogP) is 4.09.